The predicted molar refractivity (Wildman–Crippen MR) is 77.3 cm³/mol. The van der Waals surface area contributed by atoms with Crippen LogP contribution in [0.5, 0.6) is 0 Å². The van der Waals surface area contributed by atoms with Gasteiger partial charge in [0.1, 0.15) is 0 Å². The molecule has 20 heavy (non-hydrogen) atoms. The maximum absolute atomic E-state index is 12.4. The Morgan fingerprint density at radius 3 is 3.15 bits per heavy atom. The van der Waals surface area contributed by atoms with Crippen LogP contribution in [-0.2, 0) is 16.1 Å². The fourth-order valence-electron chi connectivity index (χ4n) is 2.75. The summed E-state index contributed by atoms with van der Waals surface area (Å²) in [6, 6.07) is 0. The normalized spacial score (nSPS) is 26.4. The summed E-state index contributed by atoms with van der Waals surface area (Å²) in [7, 11) is 1.65. The summed E-state index contributed by atoms with van der Waals surface area (Å²) in [6.45, 7) is 3.24. The van der Waals surface area contributed by atoms with Gasteiger partial charge in [0, 0.05) is 18.8 Å². The lowest BCUT2D eigenvalue weighted by Crippen LogP contribution is -2.51. The molecule has 1 fully saturated rings. The van der Waals surface area contributed by atoms with E-state index in [2.05, 4.69) is 10.4 Å². The highest BCUT2D eigenvalue weighted by Crippen LogP contribution is 2.32. The van der Waals surface area contributed by atoms with Crippen LogP contribution in [0.3, 0.4) is 0 Å². The molecule has 6 heteroatoms. The van der Waals surface area contributed by atoms with Gasteiger partial charge in [0.25, 0.3) is 0 Å². The molecule has 0 aliphatic heterocycles. The maximum atomic E-state index is 12.4. The topological polar surface area (TPSA) is 82.2 Å². The lowest BCUT2D eigenvalue weighted by Gasteiger charge is -2.37. The van der Waals surface area contributed by atoms with Crippen LogP contribution in [0.4, 0.5) is 5.69 Å². The second-order valence-corrected chi connectivity index (χ2v) is 5.78. The molecule has 2 atom stereocenters. The number of methoxy groups -OCH3 is 1. The van der Waals surface area contributed by atoms with E-state index in [1.54, 1.807) is 18.0 Å². The number of rotatable bonds is 5. The highest BCUT2D eigenvalue weighted by Gasteiger charge is 2.37. The minimum Gasteiger partial charge on any atom is -0.383 e. The van der Waals surface area contributed by atoms with Crippen molar-refractivity contribution in [2.75, 3.05) is 19.0 Å². The Balaban J connectivity index is 1.95. The van der Waals surface area contributed by atoms with Gasteiger partial charge < -0.3 is 15.8 Å². The highest BCUT2D eigenvalue weighted by molar-refractivity contribution is 5.93. The summed E-state index contributed by atoms with van der Waals surface area (Å²) >= 11 is 0. The van der Waals surface area contributed by atoms with Crippen LogP contribution in [0.1, 0.15) is 32.6 Å². The Labute approximate surface area is 119 Å². The van der Waals surface area contributed by atoms with E-state index in [0.29, 0.717) is 18.8 Å². The van der Waals surface area contributed by atoms with E-state index in [1.165, 1.54) is 0 Å². The van der Waals surface area contributed by atoms with Crippen LogP contribution in [-0.4, -0.2) is 34.9 Å². The molecule has 3 N–H and O–H groups in total. The van der Waals surface area contributed by atoms with Crippen LogP contribution in [0, 0.1) is 5.92 Å². The molecule has 1 amide bonds. The Morgan fingerprint density at radius 2 is 2.45 bits per heavy atom. The Bertz CT molecular complexity index is 456. The lowest BCUT2D eigenvalue weighted by atomic mass is 9.74. The van der Waals surface area contributed by atoms with Crippen LogP contribution in [0.2, 0.25) is 0 Å². The number of carbonyl (C=O) groups excluding carboxylic acids is 1. The summed E-state index contributed by atoms with van der Waals surface area (Å²) in [5.74, 6) is -0.125. The molecule has 0 bridgehead atoms. The van der Waals surface area contributed by atoms with Crippen molar-refractivity contribution in [3.63, 3.8) is 0 Å². The number of nitrogens with zero attached hydrogens (tertiary/aromatic N) is 2. The smallest absolute Gasteiger partial charge is 0.229 e. The minimum atomic E-state index is -0.408. The number of ether oxygens (including phenoxy) is 1. The zero-order valence-corrected chi connectivity index (χ0v) is 12.3. The molecule has 1 aromatic rings. The molecule has 1 aromatic heterocycles. The molecule has 1 aliphatic rings. The molecule has 2 unspecified atom stereocenters. The monoisotopic (exact) mass is 280 g/mol. The van der Waals surface area contributed by atoms with Crippen molar-refractivity contribution in [1.29, 1.82) is 0 Å². The zero-order valence-electron chi connectivity index (χ0n) is 12.3. The van der Waals surface area contributed by atoms with E-state index in [-0.39, 0.29) is 11.8 Å². The van der Waals surface area contributed by atoms with Crippen molar-refractivity contribution in [2.24, 2.45) is 11.7 Å². The number of aromatic nitrogens is 2. The number of nitrogens with two attached hydrogens (primary N) is 1. The molecular formula is C14H24N4O2. The number of amides is 1. The van der Waals surface area contributed by atoms with Gasteiger partial charge in [-0.25, -0.2) is 0 Å². The van der Waals surface area contributed by atoms with E-state index in [1.807, 2.05) is 13.1 Å². The largest absolute Gasteiger partial charge is 0.383 e. The van der Waals surface area contributed by atoms with Gasteiger partial charge in [-0.05, 0) is 19.8 Å². The first-order chi connectivity index (χ1) is 9.53. The number of hydrogen-bond donors (Lipinski definition) is 2. The number of carbonyl (C=O) groups is 1. The van der Waals surface area contributed by atoms with Gasteiger partial charge >= 0.3 is 0 Å². The van der Waals surface area contributed by atoms with Crippen molar-refractivity contribution in [3.05, 3.63) is 12.4 Å². The molecular weight excluding hydrogens is 256 g/mol. The highest BCUT2D eigenvalue weighted by atomic mass is 16.5. The van der Waals surface area contributed by atoms with Crippen LogP contribution in [0.25, 0.3) is 0 Å². The maximum Gasteiger partial charge on any atom is 0.229 e. The third-order valence-electron chi connectivity index (χ3n) is 4.00. The van der Waals surface area contributed by atoms with Crippen molar-refractivity contribution >= 4 is 11.6 Å². The molecule has 1 saturated carbocycles. The van der Waals surface area contributed by atoms with Gasteiger partial charge in [0.05, 0.1) is 31.0 Å². The van der Waals surface area contributed by atoms with E-state index in [0.717, 1.165) is 25.7 Å². The van der Waals surface area contributed by atoms with E-state index < -0.39 is 5.54 Å². The number of hydrogen-bond acceptors (Lipinski definition) is 4. The van der Waals surface area contributed by atoms with Crippen molar-refractivity contribution in [3.8, 4) is 0 Å². The molecule has 1 aliphatic carbocycles. The fraction of sp³-hybridized carbons (Fsp3) is 0.714. The van der Waals surface area contributed by atoms with Crippen molar-refractivity contribution in [2.45, 2.75) is 44.7 Å². The predicted octanol–water partition coefficient (Wildman–Crippen LogP) is 1.38. The van der Waals surface area contributed by atoms with Crippen LogP contribution in [0.15, 0.2) is 12.4 Å². The van der Waals surface area contributed by atoms with Crippen molar-refractivity contribution < 1.29 is 9.53 Å². The first-order valence-electron chi connectivity index (χ1n) is 7.14. The second-order valence-electron chi connectivity index (χ2n) is 5.78. The summed E-state index contributed by atoms with van der Waals surface area (Å²) in [5, 5.41) is 7.10. The molecule has 6 nitrogen and oxygen atoms in total. The summed E-state index contributed by atoms with van der Waals surface area (Å²) in [4.78, 5) is 12.4. The van der Waals surface area contributed by atoms with E-state index in [4.69, 9.17) is 10.5 Å². The fourth-order valence-corrected chi connectivity index (χ4v) is 2.75. The van der Waals surface area contributed by atoms with E-state index >= 15 is 0 Å². The number of anilines is 1. The van der Waals surface area contributed by atoms with Crippen LogP contribution < -0.4 is 11.1 Å². The molecule has 0 spiro atoms. The molecule has 2 rings (SSSR count). The van der Waals surface area contributed by atoms with Crippen LogP contribution >= 0.6 is 0 Å². The second kappa shape index (κ2) is 6.37. The van der Waals surface area contributed by atoms with Gasteiger partial charge in [-0.1, -0.05) is 12.8 Å². The summed E-state index contributed by atoms with van der Waals surface area (Å²) in [6.07, 6.45) is 7.40. The molecule has 0 saturated heterocycles. The quantitative estimate of drug-likeness (QED) is 0.853. The Morgan fingerprint density at radius 1 is 1.65 bits per heavy atom. The first-order valence-corrected chi connectivity index (χ1v) is 7.14. The molecule has 0 radical (unpaired) electrons. The van der Waals surface area contributed by atoms with Gasteiger partial charge in [-0.2, -0.15) is 5.10 Å². The number of nitrogens with one attached hydrogen (secondary N) is 1. The third kappa shape index (κ3) is 3.58. The lowest BCUT2D eigenvalue weighted by molar-refractivity contribution is -0.122. The summed E-state index contributed by atoms with van der Waals surface area (Å²) in [5.41, 5.74) is 6.56. The molecule has 1 heterocycles. The third-order valence-corrected chi connectivity index (χ3v) is 4.00. The van der Waals surface area contributed by atoms with Gasteiger partial charge in [0.15, 0.2) is 0 Å². The van der Waals surface area contributed by atoms with Crippen molar-refractivity contribution in [1.82, 2.24) is 9.78 Å². The average molecular weight is 280 g/mol. The minimum absolute atomic E-state index is 0.000918. The Kier molecular flexibility index (Phi) is 4.77. The van der Waals surface area contributed by atoms with Gasteiger partial charge in [-0.3, -0.25) is 9.48 Å². The first kappa shape index (κ1) is 15.0. The van der Waals surface area contributed by atoms with Gasteiger partial charge in [-0.15, -0.1) is 0 Å². The average Bonchev–Trinajstić information content (AvgIpc) is 2.83. The summed E-state index contributed by atoms with van der Waals surface area (Å²) < 4.78 is 6.75. The Hall–Kier alpha value is -1.40. The zero-order chi connectivity index (χ0) is 14.6. The molecule has 112 valence electrons. The van der Waals surface area contributed by atoms with E-state index in [9.17, 15) is 4.79 Å². The van der Waals surface area contributed by atoms with Gasteiger partial charge in [0.2, 0.25) is 5.91 Å². The molecule has 0 aromatic carbocycles. The standard InChI is InChI=1S/C14H24N4O2/c1-14(15)6-4-3-5-12(14)13(19)17-11-9-16-18(10-11)7-8-20-2/h9-10,12H,3-8,15H2,1-2H3,(H,17,19). The SMILES string of the molecule is COCCn1cc(NC(=O)C2CCCCC2(C)N)cn1.